The molecule has 1 heterocycles. The van der Waals surface area contributed by atoms with Crippen LogP contribution in [0.15, 0.2) is 4.99 Å². The van der Waals surface area contributed by atoms with Crippen LogP contribution in [0.1, 0.15) is 72.6 Å². The van der Waals surface area contributed by atoms with Crippen molar-refractivity contribution in [2.45, 2.75) is 84.8 Å². The van der Waals surface area contributed by atoms with Crippen molar-refractivity contribution in [3.05, 3.63) is 0 Å². The van der Waals surface area contributed by atoms with Crippen molar-refractivity contribution in [3.63, 3.8) is 0 Å². The van der Waals surface area contributed by atoms with Crippen LogP contribution < -0.4 is 16.4 Å². The molecule has 0 aromatic carbocycles. The number of amides is 1. The number of nitrogens with two attached hydrogens (primary N) is 1. The number of piperidine rings is 1. The summed E-state index contributed by atoms with van der Waals surface area (Å²) >= 11 is 0. The number of carbonyl (C=O) groups excluding carboxylic acids is 1. The third kappa shape index (κ3) is 6.33. The average molecular weight is 424 g/mol. The molecule has 1 aliphatic heterocycles. The maximum atomic E-state index is 11.3. The summed E-state index contributed by atoms with van der Waals surface area (Å²) in [6, 6.07) is 0.424. The lowest BCUT2D eigenvalue weighted by atomic mass is 9.58. The van der Waals surface area contributed by atoms with Crippen molar-refractivity contribution in [1.82, 2.24) is 15.5 Å². The van der Waals surface area contributed by atoms with E-state index < -0.39 is 0 Å². The highest BCUT2D eigenvalue weighted by molar-refractivity contribution is 5.80. The van der Waals surface area contributed by atoms with Gasteiger partial charge in [0.05, 0.1) is 6.10 Å². The molecular weight excluding hydrogens is 378 g/mol. The zero-order valence-corrected chi connectivity index (χ0v) is 19.7. The summed E-state index contributed by atoms with van der Waals surface area (Å²) in [6.07, 6.45) is 7.68. The Morgan fingerprint density at radius 1 is 1.17 bits per heavy atom. The minimum absolute atomic E-state index is 0.0757. The van der Waals surface area contributed by atoms with Crippen LogP contribution in [-0.2, 0) is 9.53 Å². The van der Waals surface area contributed by atoms with E-state index in [0.717, 1.165) is 90.2 Å². The van der Waals surface area contributed by atoms with Crippen LogP contribution in [0.4, 0.5) is 0 Å². The van der Waals surface area contributed by atoms with Gasteiger partial charge in [0, 0.05) is 37.1 Å². The fourth-order valence-corrected chi connectivity index (χ4v) is 5.15. The first-order valence-corrected chi connectivity index (χ1v) is 12.2. The Balaban J connectivity index is 1.75. The number of carbonyl (C=O) groups is 1. The number of hydrogen-bond acceptors (Lipinski definition) is 4. The highest BCUT2D eigenvalue weighted by Gasteiger charge is 2.53. The van der Waals surface area contributed by atoms with Crippen LogP contribution >= 0.6 is 0 Å². The average Bonchev–Trinajstić information content (AvgIpc) is 2.74. The van der Waals surface area contributed by atoms with Gasteiger partial charge in [-0.1, -0.05) is 13.8 Å². The maximum absolute atomic E-state index is 11.3. The Labute approximate surface area is 183 Å². The molecule has 1 saturated carbocycles. The van der Waals surface area contributed by atoms with Gasteiger partial charge in [0.15, 0.2) is 5.96 Å². The van der Waals surface area contributed by atoms with Crippen molar-refractivity contribution in [2.24, 2.45) is 22.1 Å². The van der Waals surface area contributed by atoms with E-state index in [2.05, 4.69) is 43.2 Å². The summed E-state index contributed by atoms with van der Waals surface area (Å²) in [5.41, 5.74) is 5.63. The third-order valence-electron chi connectivity index (χ3n) is 7.27. The van der Waals surface area contributed by atoms with Crippen molar-refractivity contribution in [3.8, 4) is 0 Å². The van der Waals surface area contributed by atoms with Gasteiger partial charge in [0.2, 0.25) is 5.91 Å². The Morgan fingerprint density at radius 2 is 1.87 bits per heavy atom. The molecule has 7 heteroatoms. The van der Waals surface area contributed by atoms with Crippen LogP contribution in [0, 0.1) is 11.3 Å². The number of hydrogen-bond donors (Lipinski definition) is 3. The van der Waals surface area contributed by atoms with Gasteiger partial charge in [0.1, 0.15) is 0 Å². The highest BCUT2D eigenvalue weighted by atomic mass is 16.5. The first kappa shape index (κ1) is 24.9. The number of nitrogens with one attached hydrogen (secondary N) is 2. The van der Waals surface area contributed by atoms with E-state index in [-0.39, 0.29) is 17.2 Å². The molecule has 0 aromatic heterocycles. The van der Waals surface area contributed by atoms with E-state index in [1.54, 1.807) is 0 Å². The molecular formula is C23H45N5O2. The summed E-state index contributed by atoms with van der Waals surface area (Å²) in [6.45, 7) is 14.3. The van der Waals surface area contributed by atoms with Gasteiger partial charge < -0.3 is 26.0 Å². The Kier molecular flexibility index (Phi) is 10.4. The molecule has 1 saturated heterocycles. The van der Waals surface area contributed by atoms with Crippen molar-refractivity contribution in [1.29, 1.82) is 0 Å². The van der Waals surface area contributed by atoms with Gasteiger partial charge in [-0.05, 0) is 78.4 Å². The second kappa shape index (κ2) is 12.5. The Bertz CT molecular complexity index is 542. The van der Waals surface area contributed by atoms with Crippen LogP contribution in [0.2, 0.25) is 0 Å². The number of rotatable bonds is 12. The fourth-order valence-electron chi connectivity index (χ4n) is 5.15. The van der Waals surface area contributed by atoms with E-state index in [4.69, 9.17) is 15.5 Å². The number of unbranched alkanes of at least 4 members (excludes halogenated alkanes) is 1. The predicted molar refractivity (Wildman–Crippen MR) is 124 cm³/mol. The molecule has 4 N–H and O–H groups in total. The summed E-state index contributed by atoms with van der Waals surface area (Å²) in [5, 5.41) is 7.11. The third-order valence-corrected chi connectivity index (χ3v) is 7.27. The predicted octanol–water partition coefficient (Wildman–Crippen LogP) is 2.50. The minimum Gasteiger partial charge on any atom is -0.378 e. The molecule has 0 spiro atoms. The molecule has 2 aliphatic rings. The normalized spacial score (nSPS) is 25.0. The number of guanidine groups is 1. The van der Waals surface area contributed by atoms with Crippen LogP contribution in [0.3, 0.4) is 0 Å². The number of aliphatic imine (C=N–C) groups is 1. The molecule has 2 rings (SSSR count). The highest BCUT2D eigenvalue weighted by Crippen LogP contribution is 2.48. The number of likely N-dealkylation sites (tertiary alicyclic amines) is 1. The molecule has 0 radical (unpaired) electrons. The second-order valence-corrected chi connectivity index (χ2v) is 8.80. The number of nitrogens with zero attached hydrogens (tertiary/aromatic N) is 2. The van der Waals surface area contributed by atoms with E-state index in [1.807, 2.05) is 0 Å². The first-order chi connectivity index (χ1) is 14.5. The molecule has 7 nitrogen and oxygen atoms in total. The van der Waals surface area contributed by atoms with Crippen molar-refractivity contribution in [2.75, 3.05) is 39.3 Å². The lowest BCUT2D eigenvalue weighted by Gasteiger charge is -2.55. The van der Waals surface area contributed by atoms with Crippen LogP contribution in [-0.4, -0.2) is 68.2 Å². The first-order valence-electron chi connectivity index (χ1n) is 12.2. The smallest absolute Gasteiger partial charge is 0.220 e. The SMILES string of the molecule is CCNC(=NCCCCN1CCC(C(N)=O)CC1)NC1CC(OCC)C1(CC)CC. The van der Waals surface area contributed by atoms with E-state index in [1.165, 1.54) is 0 Å². The summed E-state index contributed by atoms with van der Waals surface area (Å²) < 4.78 is 6.01. The fraction of sp³-hybridized carbons (Fsp3) is 0.913. The number of primary amides is 1. The molecule has 1 aliphatic carbocycles. The van der Waals surface area contributed by atoms with Gasteiger partial charge in [-0.25, -0.2) is 0 Å². The molecule has 2 atom stereocenters. The topological polar surface area (TPSA) is 92.0 Å². The molecule has 2 unspecified atom stereocenters. The summed E-state index contributed by atoms with van der Waals surface area (Å²) in [7, 11) is 0. The van der Waals surface area contributed by atoms with E-state index in [9.17, 15) is 4.79 Å². The Morgan fingerprint density at radius 3 is 2.43 bits per heavy atom. The largest absolute Gasteiger partial charge is 0.378 e. The molecule has 30 heavy (non-hydrogen) atoms. The molecule has 174 valence electrons. The number of ether oxygens (including phenoxy) is 1. The monoisotopic (exact) mass is 423 g/mol. The summed E-state index contributed by atoms with van der Waals surface area (Å²) in [4.78, 5) is 18.6. The van der Waals surface area contributed by atoms with Crippen molar-refractivity contribution >= 4 is 11.9 Å². The lowest BCUT2D eigenvalue weighted by Crippen LogP contribution is -2.65. The van der Waals surface area contributed by atoms with Crippen LogP contribution in [0.25, 0.3) is 0 Å². The van der Waals surface area contributed by atoms with E-state index in [0.29, 0.717) is 12.1 Å². The quantitative estimate of drug-likeness (QED) is 0.255. The molecule has 1 amide bonds. The molecule has 2 fully saturated rings. The zero-order chi connectivity index (χ0) is 22.0. The van der Waals surface area contributed by atoms with Gasteiger partial charge in [-0.15, -0.1) is 0 Å². The van der Waals surface area contributed by atoms with Crippen LogP contribution in [0.5, 0.6) is 0 Å². The van der Waals surface area contributed by atoms with Gasteiger partial charge in [-0.3, -0.25) is 9.79 Å². The van der Waals surface area contributed by atoms with E-state index >= 15 is 0 Å². The maximum Gasteiger partial charge on any atom is 0.220 e. The van der Waals surface area contributed by atoms with Gasteiger partial charge >= 0.3 is 0 Å². The minimum atomic E-state index is -0.137. The van der Waals surface area contributed by atoms with Crippen molar-refractivity contribution < 1.29 is 9.53 Å². The summed E-state index contributed by atoms with van der Waals surface area (Å²) in [5.74, 6) is 0.874. The lowest BCUT2D eigenvalue weighted by molar-refractivity contribution is -0.133. The van der Waals surface area contributed by atoms with Gasteiger partial charge in [0.25, 0.3) is 0 Å². The molecule has 0 bridgehead atoms. The zero-order valence-electron chi connectivity index (χ0n) is 19.7. The standard InChI is InChI=1S/C23H45N5O2/c1-5-23(6-2)19(17-20(23)30-8-4)27-22(25-7-3)26-13-9-10-14-28-15-11-18(12-16-28)21(24)29/h18-20H,5-17H2,1-4H3,(H2,24,29)(H2,25,26,27). The second-order valence-electron chi connectivity index (χ2n) is 8.80. The molecule has 0 aromatic rings. The Hall–Kier alpha value is -1.34. The van der Waals surface area contributed by atoms with Gasteiger partial charge in [-0.2, -0.15) is 0 Å².